The summed E-state index contributed by atoms with van der Waals surface area (Å²) in [6.45, 7) is 0.423. The number of benzene rings is 2. The number of aromatic hydroxyl groups is 1. The van der Waals surface area contributed by atoms with Gasteiger partial charge in [-0.2, -0.15) is 0 Å². The van der Waals surface area contributed by atoms with Crippen LogP contribution in [0.1, 0.15) is 15.4 Å². The lowest BCUT2D eigenvalue weighted by molar-refractivity contribution is 0.0782. The van der Waals surface area contributed by atoms with Gasteiger partial charge < -0.3 is 10.0 Å². The molecule has 1 N–H and O–H groups in total. The molecule has 0 spiro atoms. The molecule has 2 aromatic carbocycles. The standard InChI is InChI=1S/C16H14N2O2S/c1-18(16(20)11-6-2-4-8-13(11)19)10-15-17-12-7-3-5-9-14(12)21-15/h2-9,19H,10H2,1H3. The second-order valence-electron chi connectivity index (χ2n) is 4.75. The molecule has 0 unspecified atom stereocenters. The summed E-state index contributed by atoms with van der Waals surface area (Å²) >= 11 is 1.57. The van der Waals surface area contributed by atoms with Gasteiger partial charge in [-0.1, -0.05) is 24.3 Å². The second-order valence-corrected chi connectivity index (χ2v) is 5.87. The number of phenols is 1. The van der Waals surface area contributed by atoms with Crippen LogP contribution in [0.25, 0.3) is 10.2 Å². The molecule has 0 atom stereocenters. The Morgan fingerprint density at radius 1 is 1.19 bits per heavy atom. The van der Waals surface area contributed by atoms with E-state index in [9.17, 15) is 9.90 Å². The third kappa shape index (κ3) is 2.73. The molecule has 0 radical (unpaired) electrons. The summed E-state index contributed by atoms with van der Waals surface area (Å²) in [5, 5.41) is 10.6. The number of hydrogen-bond acceptors (Lipinski definition) is 4. The van der Waals surface area contributed by atoms with Gasteiger partial charge >= 0.3 is 0 Å². The average Bonchev–Trinajstić information content (AvgIpc) is 2.89. The largest absolute Gasteiger partial charge is 0.507 e. The summed E-state index contributed by atoms with van der Waals surface area (Å²) in [7, 11) is 1.71. The number of hydrogen-bond donors (Lipinski definition) is 1. The molecule has 0 saturated carbocycles. The molecule has 106 valence electrons. The van der Waals surface area contributed by atoms with Crippen molar-refractivity contribution in [1.29, 1.82) is 0 Å². The third-order valence-electron chi connectivity index (χ3n) is 3.19. The summed E-state index contributed by atoms with van der Waals surface area (Å²) in [5.74, 6) is -0.217. The normalized spacial score (nSPS) is 10.7. The molecule has 0 aliphatic carbocycles. The first-order chi connectivity index (χ1) is 10.1. The fraction of sp³-hybridized carbons (Fsp3) is 0.125. The fourth-order valence-corrected chi connectivity index (χ4v) is 3.14. The predicted octanol–water partition coefficient (Wildman–Crippen LogP) is 3.27. The zero-order chi connectivity index (χ0) is 14.8. The number of phenolic OH excluding ortho intramolecular Hbond substituents is 1. The Labute approximate surface area is 126 Å². The zero-order valence-corrected chi connectivity index (χ0v) is 12.3. The number of thiazole rings is 1. The summed E-state index contributed by atoms with van der Waals surface area (Å²) in [6, 6.07) is 14.5. The van der Waals surface area contributed by atoms with Crippen molar-refractivity contribution in [3.8, 4) is 5.75 Å². The van der Waals surface area contributed by atoms with Gasteiger partial charge in [0.2, 0.25) is 0 Å². The highest BCUT2D eigenvalue weighted by molar-refractivity contribution is 7.18. The molecule has 3 aromatic rings. The van der Waals surface area contributed by atoms with Crippen LogP contribution in [0.2, 0.25) is 0 Å². The molecule has 0 saturated heterocycles. The molecule has 4 nitrogen and oxygen atoms in total. The molecule has 5 heteroatoms. The van der Waals surface area contributed by atoms with Crippen molar-refractivity contribution in [2.24, 2.45) is 0 Å². The highest BCUT2D eigenvalue weighted by atomic mass is 32.1. The van der Waals surface area contributed by atoms with Crippen LogP contribution in [0.5, 0.6) is 5.75 Å². The smallest absolute Gasteiger partial charge is 0.257 e. The molecular formula is C16H14N2O2S. The molecule has 1 heterocycles. The maximum absolute atomic E-state index is 12.3. The maximum Gasteiger partial charge on any atom is 0.257 e. The minimum absolute atomic E-state index is 0.00125. The number of fused-ring (bicyclic) bond motifs is 1. The van der Waals surface area contributed by atoms with Crippen LogP contribution < -0.4 is 0 Å². The second kappa shape index (κ2) is 5.54. The lowest BCUT2D eigenvalue weighted by Gasteiger charge is -2.16. The van der Waals surface area contributed by atoms with E-state index in [0.717, 1.165) is 15.2 Å². The van der Waals surface area contributed by atoms with Crippen LogP contribution in [0.4, 0.5) is 0 Å². The number of nitrogens with zero attached hydrogens (tertiary/aromatic N) is 2. The van der Waals surface area contributed by atoms with E-state index >= 15 is 0 Å². The van der Waals surface area contributed by atoms with Crippen molar-refractivity contribution in [1.82, 2.24) is 9.88 Å². The first-order valence-electron chi connectivity index (χ1n) is 6.53. The van der Waals surface area contributed by atoms with Gasteiger partial charge in [-0.05, 0) is 24.3 Å². The van der Waals surface area contributed by atoms with Gasteiger partial charge in [-0.25, -0.2) is 4.98 Å². The minimum atomic E-state index is -0.215. The predicted molar refractivity (Wildman–Crippen MR) is 83.5 cm³/mol. The van der Waals surface area contributed by atoms with Crippen molar-refractivity contribution in [2.75, 3.05) is 7.05 Å². The summed E-state index contributed by atoms with van der Waals surface area (Å²) in [6.07, 6.45) is 0. The number of carbonyl (C=O) groups excluding carboxylic acids is 1. The van der Waals surface area contributed by atoms with Gasteiger partial charge in [0.25, 0.3) is 5.91 Å². The van der Waals surface area contributed by atoms with Gasteiger partial charge in [0.1, 0.15) is 10.8 Å². The molecule has 0 bridgehead atoms. The van der Waals surface area contributed by atoms with E-state index in [0.29, 0.717) is 12.1 Å². The number of aromatic nitrogens is 1. The average molecular weight is 298 g/mol. The van der Waals surface area contributed by atoms with E-state index in [1.165, 1.54) is 6.07 Å². The van der Waals surface area contributed by atoms with Crippen LogP contribution in [-0.4, -0.2) is 27.9 Å². The number of carbonyl (C=O) groups is 1. The zero-order valence-electron chi connectivity index (χ0n) is 11.5. The van der Waals surface area contributed by atoms with Crippen LogP contribution in [0.3, 0.4) is 0 Å². The third-order valence-corrected chi connectivity index (χ3v) is 4.21. The highest BCUT2D eigenvalue weighted by Crippen LogP contribution is 2.23. The van der Waals surface area contributed by atoms with Gasteiger partial charge in [0, 0.05) is 7.05 Å². The monoisotopic (exact) mass is 298 g/mol. The van der Waals surface area contributed by atoms with E-state index in [1.54, 1.807) is 41.5 Å². The topological polar surface area (TPSA) is 53.4 Å². The molecule has 3 rings (SSSR count). The Bertz CT molecular complexity index is 765. The molecule has 1 aromatic heterocycles. The van der Waals surface area contributed by atoms with E-state index in [4.69, 9.17) is 0 Å². The van der Waals surface area contributed by atoms with Gasteiger partial charge in [0.15, 0.2) is 0 Å². The Morgan fingerprint density at radius 2 is 1.90 bits per heavy atom. The Balaban J connectivity index is 1.81. The van der Waals surface area contributed by atoms with Crippen molar-refractivity contribution in [3.63, 3.8) is 0 Å². The van der Waals surface area contributed by atoms with Crippen LogP contribution in [0, 0.1) is 0 Å². The van der Waals surface area contributed by atoms with E-state index in [2.05, 4.69) is 4.98 Å². The quantitative estimate of drug-likeness (QED) is 0.807. The molecular weight excluding hydrogens is 284 g/mol. The summed E-state index contributed by atoms with van der Waals surface area (Å²) in [5.41, 5.74) is 1.25. The van der Waals surface area contributed by atoms with Crippen LogP contribution in [0.15, 0.2) is 48.5 Å². The first kappa shape index (κ1) is 13.6. The van der Waals surface area contributed by atoms with Crippen molar-refractivity contribution in [3.05, 3.63) is 59.1 Å². The van der Waals surface area contributed by atoms with Crippen molar-refractivity contribution >= 4 is 27.5 Å². The lowest BCUT2D eigenvalue weighted by Crippen LogP contribution is -2.26. The van der Waals surface area contributed by atoms with Crippen LogP contribution >= 0.6 is 11.3 Å². The highest BCUT2D eigenvalue weighted by Gasteiger charge is 2.16. The van der Waals surface area contributed by atoms with E-state index in [1.807, 2.05) is 24.3 Å². The van der Waals surface area contributed by atoms with Gasteiger partial charge in [0.05, 0.1) is 22.3 Å². The first-order valence-corrected chi connectivity index (χ1v) is 7.34. The minimum Gasteiger partial charge on any atom is -0.507 e. The fourth-order valence-electron chi connectivity index (χ4n) is 2.12. The van der Waals surface area contributed by atoms with E-state index in [-0.39, 0.29) is 11.7 Å². The van der Waals surface area contributed by atoms with Gasteiger partial charge in [-0.15, -0.1) is 11.3 Å². The lowest BCUT2D eigenvalue weighted by atomic mass is 10.2. The van der Waals surface area contributed by atoms with Crippen LogP contribution in [-0.2, 0) is 6.54 Å². The maximum atomic E-state index is 12.3. The van der Waals surface area contributed by atoms with Crippen molar-refractivity contribution < 1.29 is 9.90 Å². The summed E-state index contributed by atoms with van der Waals surface area (Å²) < 4.78 is 1.11. The molecule has 0 aliphatic rings. The molecule has 21 heavy (non-hydrogen) atoms. The summed E-state index contributed by atoms with van der Waals surface area (Å²) in [4.78, 5) is 18.4. The SMILES string of the molecule is CN(Cc1nc2ccccc2s1)C(=O)c1ccccc1O. The molecule has 0 fully saturated rings. The van der Waals surface area contributed by atoms with E-state index < -0.39 is 0 Å². The number of rotatable bonds is 3. The Morgan fingerprint density at radius 3 is 2.67 bits per heavy atom. The van der Waals surface area contributed by atoms with Crippen molar-refractivity contribution in [2.45, 2.75) is 6.54 Å². The van der Waals surface area contributed by atoms with Gasteiger partial charge in [-0.3, -0.25) is 4.79 Å². The number of amides is 1. The molecule has 0 aliphatic heterocycles. The Hall–Kier alpha value is -2.40. The molecule has 1 amide bonds. The Kier molecular flexibility index (Phi) is 3.58. The number of para-hydroxylation sites is 2.